The van der Waals surface area contributed by atoms with Gasteiger partial charge in [-0.3, -0.25) is 13.9 Å². The van der Waals surface area contributed by atoms with Gasteiger partial charge in [0.1, 0.15) is 12.3 Å². The predicted octanol–water partition coefficient (Wildman–Crippen LogP) is 5.01. The monoisotopic (exact) mass is 590 g/mol. The molecular weight excluding hydrogens is 564 g/mol. The Balaban J connectivity index is 1.34. The summed E-state index contributed by atoms with van der Waals surface area (Å²) in [5.74, 6) is -0.491. The number of carbonyl (C=O) groups excluding carboxylic acids is 2. The second-order valence-corrected chi connectivity index (χ2v) is 11.2. The minimum Gasteiger partial charge on any atom is -0.484 e. The van der Waals surface area contributed by atoms with Crippen LogP contribution < -0.4 is 19.8 Å². The van der Waals surface area contributed by atoms with Crippen molar-refractivity contribution in [3.8, 4) is 5.75 Å². The molecule has 0 aliphatic carbocycles. The second kappa shape index (κ2) is 13.6. The molecule has 0 radical (unpaired) electrons. The molecule has 0 spiro atoms. The highest BCUT2D eigenvalue weighted by atomic mass is 35.5. The molecule has 2 N–H and O–H groups in total. The number of rotatable bonds is 11. The van der Waals surface area contributed by atoms with Gasteiger partial charge in [0.15, 0.2) is 6.61 Å². The van der Waals surface area contributed by atoms with Crippen LogP contribution in [0.1, 0.15) is 11.1 Å². The first-order valence-electron chi connectivity index (χ1n) is 12.5. The molecule has 9 nitrogen and oxygen atoms in total. The summed E-state index contributed by atoms with van der Waals surface area (Å²) >= 11 is 5.92. The first-order valence-corrected chi connectivity index (χ1v) is 14.3. The fraction of sp³-hybridized carbons (Fsp3) is 0.100. The lowest BCUT2D eigenvalue weighted by atomic mass is 10.2. The van der Waals surface area contributed by atoms with Crippen LogP contribution in [0.5, 0.6) is 5.75 Å². The van der Waals surface area contributed by atoms with Crippen molar-refractivity contribution in [2.45, 2.75) is 11.8 Å². The van der Waals surface area contributed by atoms with Gasteiger partial charge < -0.3 is 10.1 Å². The normalized spacial score (nSPS) is 11.2. The standard InChI is InChI=1S/C30H27ClN4O5S/c1-22-7-5-10-26(17-22)35(41(38,39)28-11-3-2-4-12-28)20-29(36)34-32-19-23-13-15-27(16-14-23)40-21-30(37)33-25-9-6-8-24(31)18-25/h2-19H,20-21H2,1H3,(H,33,37)(H,34,36)/b32-19-. The van der Waals surface area contributed by atoms with E-state index in [0.717, 1.165) is 9.87 Å². The number of amides is 2. The van der Waals surface area contributed by atoms with Gasteiger partial charge in [0.05, 0.1) is 16.8 Å². The largest absolute Gasteiger partial charge is 0.484 e. The van der Waals surface area contributed by atoms with Gasteiger partial charge in [-0.2, -0.15) is 5.10 Å². The molecule has 0 saturated carbocycles. The Morgan fingerprint density at radius 2 is 1.63 bits per heavy atom. The summed E-state index contributed by atoms with van der Waals surface area (Å²) < 4.78 is 33.3. The minimum atomic E-state index is -4.01. The molecule has 4 rings (SSSR count). The van der Waals surface area contributed by atoms with Crippen molar-refractivity contribution in [1.29, 1.82) is 0 Å². The number of ether oxygens (including phenoxy) is 1. The SMILES string of the molecule is Cc1cccc(N(CC(=O)N/N=C\c2ccc(OCC(=O)Nc3cccc(Cl)c3)cc2)S(=O)(=O)c2ccccc2)c1. The van der Waals surface area contributed by atoms with Crippen LogP contribution in [0.3, 0.4) is 0 Å². The van der Waals surface area contributed by atoms with Gasteiger partial charge in [-0.15, -0.1) is 0 Å². The third kappa shape index (κ3) is 8.41. The molecule has 210 valence electrons. The van der Waals surface area contributed by atoms with E-state index in [2.05, 4.69) is 15.8 Å². The number of halogens is 1. The van der Waals surface area contributed by atoms with Gasteiger partial charge in [-0.1, -0.05) is 48.0 Å². The van der Waals surface area contributed by atoms with Gasteiger partial charge in [0.25, 0.3) is 21.8 Å². The predicted molar refractivity (Wildman–Crippen MR) is 160 cm³/mol. The Kier molecular flexibility index (Phi) is 9.73. The molecular formula is C30H27ClN4O5S. The van der Waals surface area contributed by atoms with Crippen LogP contribution >= 0.6 is 11.6 Å². The lowest BCUT2D eigenvalue weighted by molar-refractivity contribution is -0.119. The van der Waals surface area contributed by atoms with Gasteiger partial charge in [0, 0.05) is 10.7 Å². The van der Waals surface area contributed by atoms with E-state index in [9.17, 15) is 18.0 Å². The molecule has 41 heavy (non-hydrogen) atoms. The Bertz CT molecular complexity index is 1650. The number of anilines is 2. The highest BCUT2D eigenvalue weighted by Gasteiger charge is 2.27. The van der Waals surface area contributed by atoms with Crippen LogP contribution in [0, 0.1) is 6.92 Å². The highest BCUT2D eigenvalue weighted by molar-refractivity contribution is 7.92. The molecule has 11 heteroatoms. The number of nitrogens with one attached hydrogen (secondary N) is 2. The molecule has 0 aromatic heterocycles. The quantitative estimate of drug-likeness (QED) is 0.188. The van der Waals surface area contributed by atoms with Crippen molar-refractivity contribution in [2.24, 2.45) is 5.10 Å². The number of hydrogen-bond acceptors (Lipinski definition) is 6. The van der Waals surface area contributed by atoms with E-state index < -0.39 is 22.5 Å². The first-order chi connectivity index (χ1) is 19.7. The van der Waals surface area contributed by atoms with E-state index in [1.165, 1.54) is 18.3 Å². The summed E-state index contributed by atoms with van der Waals surface area (Å²) in [5.41, 5.74) is 4.81. The zero-order chi connectivity index (χ0) is 29.2. The summed E-state index contributed by atoms with van der Waals surface area (Å²) in [6, 6.07) is 28.3. The van der Waals surface area contributed by atoms with Crippen molar-refractivity contribution in [3.05, 3.63) is 119 Å². The van der Waals surface area contributed by atoms with Crippen molar-refractivity contribution in [3.63, 3.8) is 0 Å². The van der Waals surface area contributed by atoms with Crippen LogP contribution in [0.4, 0.5) is 11.4 Å². The van der Waals surface area contributed by atoms with E-state index in [1.807, 2.05) is 13.0 Å². The van der Waals surface area contributed by atoms with Crippen LogP contribution in [-0.2, 0) is 19.6 Å². The average molecular weight is 591 g/mol. The van der Waals surface area contributed by atoms with E-state index in [-0.39, 0.29) is 17.4 Å². The highest BCUT2D eigenvalue weighted by Crippen LogP contribution is 2.24. The van der Waals surface area contributed by atoms with Gasteiger partial charge in [-0.05, 0) is 84.8 Å². The summed E-state index contributed by atoms with van der Waals surface area (Å²) in [4.78, 5) is 24.9. The Hall–Kier alpha value is -4.67. The maximum absolute atomic E-state index is 13.4. The van der Waals surface area contributed by atoms with Crippen molar-refractivity contribution in [1.82, 2.24) is 5.43 Å². The Labute approximate surface area is 243 Å². The average Bonchev–Trinajstić information content (AvgIpc) is 2.96. The molecule has 2 amide bonds. The molecule has 0 atom stereocenters. The summed E-state index contributed by atoms with van der Waals surface area (Å²) in [7, 11) is -4.01. The minimum absolute atomic E-state index is 0.0714. The smallest absolute Gasteiger partial charge is 0.264 e. The second-order valence-electron chi connectivity index (χ2n) is 8.87. The molecule has 4 aromatic rings. The molecule has 0 unspecified atom stereocenters. The first kappa shape index (κ1) is 29.3. The summed E-state index contributed by atoms with van der Waals surface area (Å²) in [6.45, 7) is 1.18. The van der Waals surface area contributed by atoms with Crippen LogP contribution in [0.15, 0.2) is 113 Å². The zero-order valence-electron chi connectivity index (χ0n) is 22.0. The number of aryl methyl sites for hydroxylation is 1. The van der Waals surface area contributed by atoms with Gasteiger partial charge >= 0.3 is 0 Å². The third-order valence-electron chi connectivity index (χ3n) is 5.67. The molecule has 0 bridgehead atoms. The van der Waals surface area contributed by atoms with Crippen LogP contribution in [0.2, 0.25) is 5.02 Å². The number of hydrazone groups is 1. The van der Waals surface area contributed by atoms with Crippen LogP contribution in [-0.4, -0.2) is 39.6 Å². The maximum atomic E-state index is 13.4. The summed E-state index contributed by atoms with van der Waals surface area (Å²) in [5, 5.41) is 7.17. The van der Waals surface area contributed by atoms with Crippen molar-refractivity contribution >= 4 is 51.0 Å². The van der Waals surface area contributed by atoms with E-state index in [4.69, 9.17) is 16.3 Å². The number of nitrogens with zero attached hydrogens (tertiary/aromatic N) is 2. The fourth-order valence-corrected chi connectivity index (χ4v) is 5.35. The molecule has 0 aliphatic heterocycles. The van der Waals surface area contributed by atoms with Crippen molar-refractivity contribution in [2.75, 3.05) is 22.8 Å². The third-order valence-corrected chi connectivity index (χ3v) is 7.69. The summed E-state index contributed by atoms with van der Waals surface area (Å²) in [6.07, 6.45) is 1.41. The molecule has 0 aliphatic rings. The maximum Gasteiger partial charge on any atom is 0.264 e. The molecule has 0 heterocycles. The van der Waals surface area contributed by atoms with Crippen LogP contribution in [0.25, 0.3) is 0 Å². The lowest BCUT2D eigenvalue weighted by Gasteiger charge is -2.24. The molecule has 0 saturated heterocycles. The lowest BCUT2D eigenvalue weighted by Crippen LogP contribution is -2.39. The van der Waals surface area contributed by atoms with Crippen molar-refractivity contribution < 1.29 is 22.7 Å². The zero-order valence-corrected chi connectivity index (χ0v) is 23.6. The Morgan fingerprint density at radius 1 is 0.902 bits per heavy atom. The topological polar surface area (TPSA) is 117 Å². The van der Waals surface area contributed by atoms with Gasteiger partial charge in [-0.25, -0.2) is 13.8 Å². The number of sulfonamides is 1. The molecule has 4 aromatic carbocycles. The molecule has 0 fully saturated rings. The van der Waals surface area contributed by atoms with E-state index in [1.54, 1.807) is 84.9 Å². The fourth-order valence-electron chi connectivity index (χ4n) is 3.72. The van der Waals surface area contributed by atoms with E-state index >= 15 is 0 Å². The Morgan fingerprint density at radius 3 is 2.34 bits per heavy atom. The van der Waals surface area contributed by atoms with E-state index in [0.29, 0.717) is 27.7 Å². The number of carbonyl (C=O) groups is 2. The number of benzene rings is 4. The number of hydrogen-bond donors (Lipinski definition) is 2. The van der Waals surface area contributed by atoms with Gasteiger partial charge in [0.2, 0.25) is 0 Å².